The van der Waals surface area contributed by atoms with Crippen LogP contribution < -0.4 is 16.0 Å². The number of rotatable bonds is 6. The molecule has 0 saturated carbocycles. The van der Waals surface area contributed by atoms with Crippen molar-refractivity contribution in [2.24, 2.45) is 0 Å². The van der Waals surface area contributed by atoms with Crippen molar-refractivity contribution in [2.45, 2.75) is 0 Å². The van der Waals surface area contributed by atoms with Crippen molar-refractivity contribution in [3.05, 3.63) is 62.9 Å². The molecule has 0 radical (unpaired) electrons. The molecule has 2 aromatic rings. The lowest BCUT2D eigenvalue weighted by Gasteiger charge is -2.15. The number of hydrogen-bond acceptors (Lipinski definition) is 5. The molecule has 1 aromatic carbocycles. The van der Waals surface area contributed by atoms with Crippen LogP contribution in [0.25, 0.3) is 0 Å². The largest absolute Gasteiger partial charge is 0.355 e. The van der Waals surface area contributed by atoms with E-state index in [9.17, 15) is 9.59 Å². The zero-order valence-corrected chi connectivity index (χ0v) is 18.1. The van der Waals surface area contributed by atoms with Crippen LogP contribution in [0.4, 0.5) is 11.5 Å². The average Bonchev–Trinajstić information content (AvgIpc) is 2.63. The molecule has 0 unspecified atom stereocenters. The SMILES string of the molecule is CNC(=O)c1cc(Cl)cc(Cl)c1NC(=O)/C(=C/C(=N)Br)Nc1ncccc1Cl. The molecule has 28 heavy (non-hydrogen) atoms. The molecule has 0 saturated heterocycles. The zero-order chi connectivity index (χ0) is 20.8. The molecular weight excluding hydrogens is 492 g/mol. The lowest BCUT2D eigenvalue weighted by Crippen LogP contribution is -2.25. The number of hydrogen-bond donors (Lipinski definition) is 4. The second-order valence-electron chi connectivity index (χ2n) is 5.21. The molecule has 1 aromatic heterocycles. The molecule has 1 heterocycles. The number of nitrogens with zero attached hydrogens (tertiary/aromatic N) is 1. The molecule has 4 N–H and O–H groups in total. The molecule has 0 atom stereocenters. The maximum atomic E-state index is 12.8. The lowest BCUT2D eigenvalue weighted by atomic mass is 10.1. The Morgan fingerprint density at radius 2 is 1.89 bits per heavy atom. The molecule has 0 aliphatic carbocycles. The summed E-state index contributed by atoms with van der Waals surface area (Å²) in [7, 11) is 1.44. The summed E-state index contributed by atoms with van der Waals surface area (Å²) in [6, 6.07) is 5.99. The number of carbonyl (C=O) groups excluding carboxylic acids is 2. The van der Waals surface area contributed by atoms with Gasteiger partial charge in [0.05, 0.1) is 25.9 Å². The Morgan fingerprint density at radius 3 is 2.50 bits per heavy atom. The van der Waals surface area contributed by atoms with Gasteiger partial charge in [-0.3, -0.25) is 15.0 Å². The van der Waals surface area contributed by atoms with Gasteiger partial charge in [0.2, 0.25) is 0 Å². The van der Waals surface area contributed by atoms with Gasteiger partial charge in [-0.25, -0.2) is 4.98 Å². The van der Waals surface area contributed by atoms with Crippen molar-refractivity contribution in [3.8, 4) is 0 Å². The van der Waals surface area contributed by atoms with Crippen LogP contribution in [0.3, 0.4) is 0 Å². The smallest absolute Gasteiger partial charge is 0.272 e. The Labute approximate surface area is 184 Å². The highest BCUT2D eigenvalue weighted by molar-refractivity contribution is 9.18. The number of benzene rings is 1. The number of allylic oxidation sites excluding steroid dienone is 1. The lowest BCUT2D eigenvalue weighted by molar-refractivity contribution is -0.112. The van der Waals surface area contributed by atoms with Crippen molar-refractivity contribution in [2.75, 3.05) is 17.7 Å². The van der Waals surface area contributed by atoms with Gasteiger partial charge in [0.1, 0.15) is 11.5 Å². The predicted molar refractivity (Wildman–Crippen MR) is 116 cm³/mol. The van der Waals surface area contributed by atoms with Crippen LogP contribution in [-0.2, 0) is 4.79 Å². The van der Waals surface area contributed by atoms with Crippen LogP contribution >= 0.6 is 50.7 Å². The quantitative estimate of drug-likeness (QED) is 0.337. The predicted octanol–water partition coefficient (Wildman–Crippen LogP) is 4.71. The molecule has 2 amide bonds. The summed E-state index contributed by atoms with van der Waals surface area (Å²) in [6.45, 7) is 0. The summed E-state index contributed by atoms with van der Waals surface area (Å²) >= 11 is 21.1. The van der Waals surface area contributed by atoms with Gasteiger partial charge in [-0.15, -0.1) is 0 Å². The van der Waals surface area contributed by atoms with Crippen molar-refractivity contribution >= 4 is 78.7 Å². The van der Waals surface area contributed by atoms with E-state index in [1.165, 1.54) is 31.5 Å². The molecule has 0 bridgehead atoms. The van der Waals surface area contributed by atoms with E-state index in [0.717, 1.165) is 0 Å². The van der Waals surface area contributed by atoms with Crippen LogP contribution in [0, 0.1) is 5.41 Å². The van der Waals surface area contributed by atoms with E-state index in [1.54, 1.807) is 12.1 Å². The van der Waals surface area contributed by atoms with Crippen LogP contribution in [0.1, 0.15) is 10.4 Å². The van der Waals surface area contributed by atoms with E-state index < -0.39 is 11.8 Å². The summed E-state index contributed by atoms with van der Waals surface area (Å²) in [6.07, 6.45) is 2.70. The third-order valence-electron chi connectivity index (χ3n) is 3.29. The molecule has 0 spiro atoms. The highest BCUT2D eigenvalue weighted by Gasteiger charge is 2.20. The summed E-state index contributed by atoms with van der Waals surface area (Å²) in [4.78, 5) is 29.0. The Hall–Kier alpha value is -2.13. The standard InChI is InChI=1S/C17H13BrCl3N5O2/c1-23-16(27)9-5-8(19)6-11(21)14(9)26-17(28)12(7-13(18)22)25-15-10(20)3-2-4-24-15/h2-7,22H,1H3,(H,23,27)(H,24,25)(H,26,28)/b12-7-,22-13?. The first kappa shape index (κ1) is 22.2. The highest BCUT2D eigenvalue weighted by atomic mass is 79.9. The number of nitrogens with one attached hydrogen (secondary N) is 4. The van der Waals surface area contributed by atoms with E-state index in [1.807, 2.05) is 0 Å². The topological polar surface area (TPSA) is 107 Å². The summed E-state index contributed by atoms with van der Waals surface area (Å²) in [5.74, 6) is -0.951. The Morgan fingerprint density at radius 1 is 1.18 bits per heavy atom. The highest BCUT2D eigenvalue weighted by Crippen LogP contribution is 2.31. The normalized spacial score (nSPS) is 11.0. The summed E-state index contributed by atoms with van der Waals surface area (Å²) in [5.41, 5.74) is 0.0881. The van der Waals surface area contributed by atoms with Crippen molar-refractivity contribution in [1.82, 2.24) is 10.3 Å². The third kappa shape index (κ3) is 5.68. The van der Waals surface area contributed by atoms with Gasteiger partial charge in [-0.05, 0) is 46.3 Å². The van der Waals surface area contributed by atoms with E-state index in [0.29, 0.717) is 0 Å². The Kier molecular flexibility index (Phi) is 7.82. The third-order valence-corrected chi connectivity index (χ3v) is 4.34. The fraction of sp³-hybridized carbons (Fsp3) is 0.0588. The van der Waals surface area contributed by atoms with Gasteiger partial charge < -0.3 is 16.0 Å². The maximum Gasteiger partial charge on any atom is 0.272 e. The maximum absolute atomic E-state index is 12.8. The first-order chi connectivity index (χ1) is 13.2. The molecule has 2 rings (SSSR count). The number of amides is 2. The zero-order valence-electron chi connectivity index (χ0n) is 14.2. The molecule has 11 heteroatoms. The van der Waals surface area contributed by atoms with E-state index >= 15 is 0 Å². The van der Waals surface area contributed by atoms with Crippen LogP contribution in [0.2, 0.25) is 15.1 Å². The molecule has 0 aliphatic heterocycles. The van der Waals surface area contributed by atoms with E-state index in [4.69, 9.17) is 40.2 Å². The second kappa shape index (κ2) is 9.88. The van der Waals surface area contributed by atoms with E-state index in [-0.39, 0.29) is 42.5 Å². The average molecular weight is 506 g/mol. The first-order valence-electron chi connectivity index (χ1n) is 7.58. The number of anilines is 2. The minimum Gasteiger partial charge on any atom is -0.355 e. The van der Waals surface area contributed by atoms with Gasteiger partial charge >= 0.3 is 0 Å². The number of halogens is 4. The minimum atomic E-state index is -0.680. The van der Waals surface area contributed by atoms with Gasteiger partial charge in [0.15, 0.2) is 0 Å². The molecule has 0 fully saturated rings. The molecule has 7 nitrogen and oxygen atoms in total. The number of aromatic nitrogens is 1. The fourth-order valence-electron chi connectivity index (χ4n) is 2.09. The van der Waals surface area contributed by atoms with Crippen molar-refractivity contribution in [1.29, 1.82) is 5.41 Å². The molecule has 146 valence electrons. The fourth-order valence-corrected chi connectivity index (χ4v) is 3.02. The monoisotopic (exact) mass is 503 g/mol. The summed E-state index contributed by atoms with van der Waals surface area (Å²) < 4.78 is -0.0778. The number of carbonyl (C=O) groups is 2. The van der Waals surface area contributed by atoms with Crippen molar-refractivity contribution in [3.63, 3.8) is 0 Å². The van der Waals surface area contributed by atoms with Gasteiger partial charge in [-0.1, -0.05) is 34.8 Å². The Balaban J connectivity index is 2.41. The van der Waals surface area contributed by atoms with Crippen LogP contribution in [-0.4, -0.2) is 28.5 Å². The molecule has 0 aliphatic rings. The Bertz CT molecular complexity index is 981. The molecular formula is C17H13BrCl3N5O2. The summed E-state index contributed by atoms with van der Waals surface area (Å²) in [5, 5.41) is 15.9. The van der Waals surface area contributed by atoms with Crippen LogP contribution in [0.5, 0.6) is 0 Å². The van der Waals surface area contributed by atoms with Gasteiger partial charge in [-0.2, -0.15) is 0 Å². The first-order valence-corrected chi connectivity index (χ1v) is 9.51. The second-order valence-corrected chi connectivity index (χ2v) is 7.31. The van der Waals surface area contributed by atoms with Gasteiger partial charge in [0.25, 0.3) is 11.8 Å². The van der Waals surface area contributed by atoms with Gasteiger partial charge in [0, 0.05) is 18.3 Å². The minimum absolute atomic E-state index is 0.0589. The number of pyridine rings is 1. The van der Waals surface area contributed by atoms with Crippen LogP contribution in [0.15, 0.2) is 42.2 Å². The van der Waals surface area contributed by atoms with Crippen molar-refractivity contribution < 1.29 is 9.59 Å². The van der Waals surface area contributed by atoms with E-state index in [2.05, 4.69) is 36.9 Å².